The zero-order chi connectivity index (χ0) is 12.7. The predicted octanol–water partition coefficient (Wildman–Crippen LogP) is 1.75. The summed E-state index contributed by atoms with van der Waals surface area (Å²) < 4.78 is 0. The van der Waals surface area contributed by atoms with Crippen molar-refractivity contribution >= 4 is 17.1 Å². The van der Waals surface area contributed by atoms with Crippen molar-refractivity contribution in [2.75, 3.05) is 24.2 Å². The lowest BCUT2D eigenvalue weighted by Crippen LogP contribution is -2.03. The third-order valence-corrected chi connectivity index (χ3v) is 2.39. The second-order valence-electron chi connectivity index (χ2n) is 3.74. The van der Waals surface area contributed by atoms with Crippen LogP contribution in [0.4, 0.5) is 17.1 Å². The lowest BCUT2D eigenvalue weighted by atomic mass is 10.2. The SMILES string of the molecule is Nc1cc(NCCCCCO)ccc1[N+](=O)[O-]. The average molecular weight is 239 g/mol. The maximum absolute atomic E-state index is 10.5. The molecule has 1 rings (SSSR count). The second kappa shape index (κ2) is 6.70. The standard InChI is InChI=1S/C11H17N3O3/c12-10-8-9(4-5-11(10)14(16)17)13-6-2-1-3-7-15/h4-5,8,13,15H,1-3,6-7,12H2. The summed E-state index contributed by atoms with van der Waals surface area (Å²) in [5.74, 6) is 0. The van der Waals surface area contributed by atoms with E-state index in [1.54, 1.807) is 12.1 Å². The summed E-state index contributed by atoms with van der Waals surface area (Å²) in [6.07, 6.45) is 2.69. The van der Waals surface area contributed by atoms with Gasteiger partial charge < -0.3 is 16.2 Å². The van der Waals surface area contributed by atoms with Crippen LogP contribution < -0.4 is 11.1 Å². The molecule has 0 unspecified atom stereocenters. The van der Waals surface area contributed by atoms with Crippen LogP contribution in [0.3, 0.4) is 0 Å². The van der Waals surface area contributed by atoms with Gasteiger partial charge in [-0.2, -0.15) is 0 Å². The van der Waals surface area contributed by atoms with Crippen molar-refractivity contribution in [3.8, 4) is 0 Å². The molecule has 6 nitrogen and oxygen atoms in total. The van der Waals surface area contributed by atoms with E-state index < -0.39 is 4.92 Å². The number of nitro groups is 1. The first-order chi connectivity index (χ1) is 8.15. The fourth-order valence-corrected chi connectivity index (χ4v) is 1.48. The van der Waals surface area contributed by atoms with Crippen LogP contribution in [0.5, 0.6) is 0 Å². The van der Waals surface area contributed by atoms with E-state index in [2.05, 4.69) is 5.32 Å². The van der Waals surface area contributed by atoms with E-state index in [9.17, 15) is 10.1 Å². The van der Waals surface area contributed by atoms with Gasteiger partial charge in [0.15, 0.2) is 0 Å². The summed E-state index contributed by atoms with van der Waals surface area (Å²) in [6.45, 7) is 0.974. The summed E-state index contributed by atoms with van der Waals surface area (Å²) >= 11 is 0. The molecule has 0 bridgehead atoms. The molecule has 0 spiro atoms. The lowest BCUT2D eigenvalue weighted by molar-refractivity contribution is -0.383. The zero-order valence-electron chi connectivity index (χ0n) is 9.56. The van der Waals surface area contributed by atoms with E-state index in [0.29, 0.717) is 0 Å². The van der Waals surface area contributed by atoms with Crippen molar-refractivity contribution in [3.63, 3.8) is 0 Å². The summed E-state index contributed by atoms with van der Waals surface area (Å²) in [4.78, 5) is 10.0. The van der Waals surface area contributed by atoms with Crippen LogP contribution in [0.15, 0.2) is 18.2 Å². The highest BCUT2D eigenvalue weighted by molar-refractivity contribution is 5.65. The number of nitrogens with zero attached hydrogens (tertiary/aromatic N) is 1. The normalized spacial score (nSPS) is 10.2. The highest BCUT2D eigenvalue weighted by atomic mass is 16.6. The molecular weight excluding hydrogens is 222 g/mol. The van der Waals surface area contributed by atoms with Crippen LogP contribution >= 0.6 is 0 Å². The quantitative estimate of drug-likeness (QED) is 0.291. The van der Waals surface area contributed by atoms with Crippen LogP contribution in [-0.2, 0) is 0 Å². The Morgan fingerprint density at radius 3 is 2.71 bits per heavy atom. The van der Waals surface area contributed by atoms with E-state index in [1.807, 2.05) is 0 Å². The number of aliphatic hydroxyl groups excluding tert-OH is 1. The van der Waals surface area contributed by atoms with E-state index in [4.69, 9.17) is 10.8 Å². The third kappa shape index (κ3) is 4.28. The Labute approximate surface area is 99.6 Å². The van der Waals surface area contributed by atoms with Crippen LogP contribution in [0, 0.1) is 10.1 Å². The van der Waals surface area contributed by atoms with Crippen molar-refractivity contribution < 1.29 is 10.0 Å². The van der Waals surface area contributed by atoms with Crippen molar-refractivity contribution in [1.82, 2.24) is 0 Å². The monoisotopic (exact) mass is 239 g/mol. The summed E-state index contributed by atoms with van der Waals surface area (Å²) in [6, 6.07) is 4.59. The van der Waals surface area contributed by atoms with Crippen molar-refractivity contribution in [2.24, 2.45) is 0 Å². The molecule has 17 heavy (non-hydrogen) atoms. The number of benzene rings is 1. The fraction of sp³-hybridized carbons (Fsp3) is 0.455. The molecule has 0 saturated carbocycles. The van der Waals surface area contributed by atoms with Crippen molar-refractivity contribution in [1.29, 1.82) is 0 Å². The molecule has 0 aliphatic carbocycles. The molecule has 0 heterocycles. The minimum Gasteiger partial charge on any atom is -0.396 e. The maximum Gasteiger partial charge on any atom is 0.292 e. The maximum atomic E-state index is 10.5. The lowest BCUT2D eigenvalue weighted by Gasteiger charge is -2.06. The molecule has 6 heteroatoms. The highest BCUT2D eigenvalue weighted by Gasteiger charge is 2.10. The Morgan fingerprint density at radius 2 is 2.12 bits per heavy atom. The van der Waals surface area contributed by atoms with Gasteiger partial charge in [-0.15, -0.1) is 0 Å². The van der Waals surface area contributed by atoms with Crippen molar-refractivity contribution in [3.05, 3.63) is 28.3 Å². The van der Waals surface area contributed by atoms with Gasteiger partial charge in [0.1, 0.15) is 5.69 Å². The van der Waals surface area contributed by atoms with Gasteiger partial charge in [-0.25, -0.2) is 0 Å². The summed E-state index contributed by atoms with van der Waals surface area (Å²) in [7, 11) is 0. The van der Waals surface area contributed by atoms with Gasteiger partial charge in [0.2, 0.25) is 0 Å². The Hall–Kier alpha value is -1.82. The molecule has 1 aromatic rings. The molecule has 0 amide bonds. The van der Waals surface area contributed by atoms with Gasteiger partial charge in [0.25, 0.3) is 5.69 Å². The van der Waals surface area contributed by atoms with Crippen LogP contribution in [0.1, 0.15) is 19.3 Å². The fourth-order valence-electron chi connectivity index (χ4n) is 1.48. The molecule has 94 valence electrons. The number of unbranched alkanes of at least 4 members (excludes halogenated alkanes) is 2. The zero-order valence-corrected chi connectivity index (χ0v) is 9.56. The summed E-state index contributed by atoms with van der Waals surface area (Å²) in [5, 5.41) is 22.3. The van der Waals surface area contributed by atoms with E-state index in [0.717, 1.165) is 31.5 Å². The number of anilines is 2. The van der Waals surface area contributed by atoms with Gasteiger partial charge in [-0.05, 0) is 31.4 Å². The molecule has 0 aliphatic rings. The minimum atomic E-state index is -0.500. The largest absolute Gasteiger partial charge is 0.396 e. The minimum absolute atomic E-state index is 0.0733. The number of rotatable bonds is 7. The number of nitrogen functional groups attached to an aromatic ring is 1. The molecule has 0 fully saturated rings. The van der Waals surface area contributed by atoms with E-state index in [1.165, 1.54) is 6.07 Å². The number of nitrogens with two attached hydrogens (primary N) is 1. The Morgan fingerprint density at radius 1 is 1.35 bits per heavy atom. The number of hydrogen-bond acceptors (Lipinski definition) is 5. The second-order valence-corrected chi connectivity index (χ2v) is 3.74. The molecule has 0 radical (unpaired) electrons. The van der Waals surface area contributed by atoms with Gasteiger partial charge in [-0.1, -0.05) is 0 Å². The van der Waals surface area contributed by atoms with Crippen LogP contribution in [0.25, 0.3) is 0 Å². The molecule has 0 atom stereocenters. The molecular formula is C11H17N3O3. The third-order valence-electron chi connectivity index (χ3n) is 2.39. The highest BCUT2D eigenvalue weighted by Crippen LogP contribution is 2.24. The molecule has 4 N–H and O–H groups in total. The van der Waals surface area contributed by atoms with Crippen LogP contribution in [-0.4, -0.2) is 23.2 Å². The van der Waals surface area contributed by atoms with E-state index >= 15 is 0 Å². The number of aliphatic hydroxyl groups is 1. The number of nitro benzene ring substituents is 1. The number of hydrogen-bond donors (Lipinski definition) is 3. The molecule has 0 aliphatic heterocycles. The first-order valence-electron chi connectivity index (χ1n) is 5.54. The molecule has 1 aromatic carbocycles. The average Bonchev–Trinajstić information content (AvgIpc) is 2.28. The van der Waals surface area contributed by atoms with Gasteiger partial charge in [-0.3, -0.25) is 10.1 Å². The number of nitrogens with one attached hydrogen (secondary N) is 1. The van der Waals surface area contributed by atoms with Gasteiger partial charge in [0, 0.05) is 24.9 Å². The Bertz CT molecular complexity index is 382. The first kappa shape index (κ1) is 13.2. The van der Waals surface area contributed by atoms with Crippen LogP contribution in [0.2, 0.25) is 0 Å². The van der Waals surface area contributed by atoms with Gasteiger partial charge >= 0.3 is 0 Å². The first-order valence-corrected chi connectivity index (χ1v) is 5.54. The Kier molecular flexibility index (Phi) is 5.22. The van der Waals surface area contributed by atoms with Crippen molar-refractivity contribution in [2.45, 2.75) is 19.3 Å². The van der Waals surface area contributed by atoms with E-state index in [-0.39, 0.29) is 18.0 Å². The van der Waals surface area contributed by atoms with Gasteiger partial charge in [0.05, 0.1) is 4.92 Å². The molecule has 0 saturated heterocycles. The molecule has 0 aromatic heterocycles. The topological polar surface area (TPSA) is 101 Å². The summed E-state index contributed by atoms with van der Waals surface area (Å²) in [5.41, 5.74) is 6.42. The smallest absolute Gasteiger partial charge is 0.292 e. The predicted molar refractivity (Wildman–Crippen MR) is 66.9 cm³/mol. The Balaban J connectivity index is 2.45.